The summed E-state index contributed by atoms with van der Waals surface area (Å²) in [6, 6.07) is 3.23. The van der Waals surface area contributed by atoms with Crippen LogP contribution in [0.2, 0.25) is 0 Å². The molecule has 3 N–H and O–H groups in total. The molecule has 0 radical (unpaired) electrons. The number of nitrogens with one attached hydrogen (secondary N) is 1. The number of nitrogens with zero attached hydrogens (tertiary/aromatic N) is 1. The summed E-state index contributed by atoms with van der Waals surface area (Å²) in [7, 11) is 1.56. The summed E-state index contributed by atoms with van der Waals surface area (Å²) >= 11 is 0. The molecule has 2 amide bonds. The molecule has 1 rings (SSSR count). The van der Waals surface area contributed by atoms with Gasteiger partial charge in [-0.2, -0.15) is 0 Å². The molecule has 0 fully saturated rings. The number of halogens is 2. The van der Waals surface area contributed by atoms with Gasteiger partial charge >= 0.3 is 6.03 Å². The first kappa shape index (κ1) is 12.4. The summed E-state index contributed by atoms with van der Waals surface area (Å²) < 4.78 is 25.5. The Kier molecular flexibility index (Phi) is 4.19. The van der Waals surface area contributed by atoms with Gasteiger partial charge in [0.25, 0.3) is 0 Å². The average molecular weight is 229 g/mol. The standard InChI is InChI=1S/C10H13F2N3O/c1-15(10(16)14-13)5-4-7-2-3-8(11)9(12)6-7/h2-3,6H,4-5,13H2,1H3,(H,14,16). The zero-order valence-corrected chi connectivity index (χ0v) is 8.84. The fourth-order valence-electron chi connectivity index (χ4n) is 1.20. The summed E-state index contributed by atoms with van der Waals surface area (Å²) in [6.07, 6.45) is 0.432. The number of urea groups is 1. The zero-order chi connectivity index (χ0) is 12.1. The molecule has 88 valence electrons. The van der Waals surface area contributed by atoms with Gasteiger partial charge in [-0.05, 0) is 24.1 Å². The monoisotopic (exact) mass is 229 g/mol. The Labute approximate surface area is 92.0 Å². The Hall–Kier alpha value is -1.69. The lowest BCUT2D eigenvalue weighted by Crippen LogP contribution is -2.41. The molecule has 6 heteroatoms. The van der Waals surface area contributed by atoms with Crippen molar-refractivity contribution in [3.63, 3.8) is 0 Å². The number of carbonyl (C=O) groups excluding carboxylic acids is 1. The number of hydrogen-bond donors (Lipinski definition) is 2. The summed E-state index contributed by atoms with van der Waals surface area (Å²) in [5.41, 5.74) is 2.60. The van der Waals surface area contributed by atoms with Crippen molar-refractivity contribution in [3.8, 4) is 0 Å². The highest BCUT2D eigenvalue weighted by Gasteiger charge is 2.07. The third-order valence-electron chi connectivity index (χ3n) is 2.19. The molecule has 0 unspecified atom stereocenters. The van der Waals surface area contributed by atoms with Crippen LogP contribution < -0.4 is 11.3 Å². The van der Waals surface area contributed by atoms with Gasteiger partial charge in [-0.25, -0.2) is 19.4 Å². The van der Waals surface area contributed by atoms with Crippen molar-refractivity contribution in [3.05, 3.63) is 35.4 Å². The SMILES string of the molecule is CN(CCc1ccc(F)c(F)c1)C(=O)NN. The first-order valence-corrected chi connectivity index (χ1v) is 4.70. The third-order valence-corrected chi connectivity index (χ3v) is 2.19. The lowest BCUT2D eigenvalue weighted by Gasteiger charge is -2.15. The van der Waals surface area contributed by atoms with Crippen LogP contribution in [0.5, 0.6) is 0 Å². The molecule has 1 aromatic rings. The second kappa shape index (κ2) is 5.41. The van der Waals surface area contributed by atoms with Crippen molar-refractivity contribution in [2.75, 3.05) is 13.6 Å². The first-order chi connectivity index (χ1) is 7.54. The highest BCUT2D eigenvalue weighted by Crippen LogP contribution is 2.09. The van der Waals surface area contributed by atoms with Gasteiger partial charge in [0, 0.05) is 13.6 Å². The molecule has 0 aliphatic rings. The molecule has 0 aliphatic carbocycles. The summed E-state index contributed by atoms with van der Waals surface area (Å²) in [6.45, 7) is 0.369. The van der Waals surface area contributed by atoms with Gasteiger partial charge in [0.05, 0.1) is 0 Å². The maximum Gasteiger partial charge on any atom is 0.331 e. The molecule has 0 saturated heterocycles. The number of hydrazine groups is 1. The summed E-state index contributed by atoms with van der Waals surface area (Å²) in [5, 5.41) is 0. The first-order valence-electron chi connectivity index (χ1n) is 4.70. The number of benzene rings is 1. The Morgan fingerprint density at radius 1 is 1.44 bits per heavy atom. The van der Waals surface area contributed by atoms with Crippen LogP contribution in [-0.4, -0.2) is 24.5 Å². The van der Waals surface area contributed by atoms with Gasteiger partial charge in [-0.15, -0.1) is 0 Å². The Balaban J connectivity index is 2.55. The van der Waals surface area contributed by atoms with Gasteiger partial charge < -0.3 is 4.90 Å². The van der Waals surface area contributed by atoms with E-state index in [1.807, 2.05) is 5.43 Å². The van der Waals surface area contributed by atoms with E-state index in [0.717, 1.165) is 12.1 Å². The van der Waals surface area contributed by atoms with Crippen molar-refractivity contribution in [1.82, 2.24) is 10.3 Å². The normalized spacial score (nSPS) is 10.0. The summed E-state index contributed by atoms with van der Waals surface area (Å²) in [5.74, 6) is 3.17. The lowest BCUT2D eigenvalue weighted by molar-refractivity contribution is 0.209. The number of carbonyl (C=O) groups is 1. The number of hydrogen-bond acceptors (Lipinski definition) is 2. The minimum absolute atomic E-state index is 0.369. The minimum atomic E-state index is -0.886. The molecule has 0 aromatic heterocycles. The maximum absolute atomic E-state index is 12.8. The van der Waals surface area contributed by atoms with Crippen molar-refractivity contribution >= 4 is 6.03 Å². The van der Waals surface area contributed by atoms with E-state index < -0.39 is 17.7 Å². The van der Waals surface area contributed by atoms with Gasteiger partial charge in [-0.1, -0.05) is 6.07 Å². The van der Waals surface area contributed by atoms with E-state index in [1.54, 1.807) is 7.05 Å². The number of likely N-dealkylation sites (N-methyl/N-ethyl adjacent to an activating group) is 1. The van der Waals surface area contributed by atoms with Crippen LogP contribution >= 0.6 is 0 Å². The largest absolute Gasteiger partial charge is 0.331 e. The molecule has 0 heterocycles. The van der Waals surface area contributed by atoms with Crippen LogP contribution in [0, 0.1) is 11.6 Å². The molecule has 0 saturated carbocycles. The van der Waals surface area contributed by atoms with Gasteiger partial charge in [0.1, 0.15) is 0 Å². The predicted octanol–water partition coefficient (Wildman–Crippen LogP) is 1.02. The quantitative estimate of drug-likeness (QED) is 0.462. The number of amides is 2. The van der Waals surface area contributed by atoms with Crippen LogP contribution in [0.15, 0.2) is 18.2 Å². The predicted molar refractivity (Wildman–Crippen MR) is 55.4 cm³/mol. The topological polar surface area (TPSA) is 58.4 Å². The second-order valence-corrected chi connectivity index (χ2v) is 3.37. The van der Waals surface area contributed by atoms with E-state index in [4.69, 9.17) is 5.84 Å². The molecular weight excluding hydrogens is 216 g/mol. The van der Waals surface area contributed by atoms with E-state index in [9.17, 15) is 13.6 Å². The smallest absolute Gasteiger partial charge is 0.326 e. The zero-order valence-electron chi connectivity index (χ0n) is 8.84. The van der Waals surface area contributed by atoms with E-state index in [0.29, 0.717) is 18.5 Å². The van der Waals surface area contributed by atoms with E-state index in [1.165, 1.54) is 11.0 Å². The Morgan fingerprint density at radius 3 is 2.69 bits per heavy atom. The van der Waals surface area contributed by atoms with Gasteiger partial charge in [0.2, 0.25) is 0 Å². The Bertz CT molecular complexity index is 384. The maximum atomic E-state index is 12.8. The second-order valence-electron chi connectivity index (χ2n) is 3.37. The lowest BCUT2D eigenvalue weighted by atomic mass is 10.1. The van der Waals surface area contributed by atoms with Gasteiger partial charge in [0.15, 0.2) is 11.6 Å². The average Bonchev–Trinajstić information content (AvgIpc) is 2.29. The number of rotatable bonds is 3. The van der Waals surface area contributed by atoms with Crippen molar-refractivity contribution in [1.29, 1.82) is 0 Å². The molecule has 0 aliphatic heterocycles. The fourth-order valence-corrected chi connectivity index (χ4v) is 1.20. The van der Waals surface area contributed by atoms with Crippen molar-refractivity contribution in [2.24, 2.45) is 5.84 Å². The van der Waals surface area contributed by atoms with Crippen molar-refractivity contribution in [2.45, 2.75) is 6.42 Å². The van der Waals surface area contributed by atoms with E-state index in [-0.39, 0.29) is 0 Å². The van der Waals surface area contributed by atoms with Crippen LogP contribution in [0.3, 0.4) is 0 Å². The van der Waals surface area contributed by atoms with Crippen LogP contribution in [0.1, 0.15) is 5.56 Å². The van der Waals surface area contributed by atoms with Crippen LogP contribution in [0.4, 0.5) is 13.6 Å². The third kappa shape index (κ3) is 3.16. The number of nitrogens with two attached hydrogens (primary N) is 1. The molecule has 1 aromatic carbocycles. The minimum Gasteiger partial charge on any atom is -0.326 e. The highest BCUT2D eigenvalue weighted by molar-refractivity contribution is 5.73. The Morgan fingerprint density at radius 2 is 2.12 bits per heavy atom. The van der Waals surface area contributed by atoms with Crippen LogP contribution in [-0.2, 0) is 6.42 Å². The van der Waals surface area contributed by atoms with Crippen LogP contribution in [0.25, 0.3) is 0 Å². The molecule has 0 bridgehead atoms. The fraction of sp³-hybridized carbons (Fsp3) is 0.300. The molecule has 0 atom stereocenters. The molecular formula is C10H13F2N3O. The summed E-state index contributed by atoms with van der Waals surface area (Å²) in [4.78, 5) is 12.4. The van der Waals surface area contributed by atoms with E-state index >= 15 is 0 Å². The highest BCUT2D eigenvalue weighted by atomic mass is 19.2. The van der Waals surface area contributed by atoms with Gasteiger partial charge in [-0.3, -0.25) is 5.43 Å². The van der Waals surface area contributed by atoms with Crippen molar-refractivity contribution < 1.29 is 13.6 Å². The van der Waals surface area contributed by atoms with E-state index in [2.05, 4.69) is 0 Å². The molecule has 0 spiro atoms. The molecule has 16 heavy (non-hydrogen) atoms. The molecule has 4 nitrogen and oxygen atoms in total.